The Labute approximate surface area is 102 Å². The minimum atomic E-state index is 0.463. The second-order valence-corrected chi connectivity index (χ2v) is 4.51. The van der Waals surface area contributed by atoms with Gasteiger partial charge in [0.2, 0.25) is 0 Å². The number of nitrogens with one attached hydrogen (secondary N) is 1. The van der Waals surface area contributed by atoms with Gasteiger partial charge in [0.15, 0.2) is 0 Å². The highest BCUT2D eigenvalue weighted by Gasteiger charge is 2.08. The van der Waals surface area contributed by atoms with Crippen molar-refractivity contribution in [2.75, 3.05) is 37.2 Å². The Bertz CT molecular complexity index is 333. The molecule has 2 rings (SSSR count). The Kier molecular flexibility index (Phi) is 4.55. The van der Waals surface area contributed by atoms with Gasteiger partial charge in [-0.25, -0.2) is 4.98 Å². The molecule has 3 N–H and O–H groups in total. The number of aromatic nitrogens is 2. The zero-order chi connectivity index (χ0) is 11.9. The largest absolute Gasteiger partial charge is 0.382 e. The summed E-state index contributed by atoms with van der Waals surface area (Å²) in [6, 6.07) is 0. The molecule has 0 amide bonds. The molecule has 2 heterocycles. The first-order valence-electron chi connectivity index (χ1n) is 6.38. The summed E-state index contributed by atoms with van der Waals surface area (Å²) in [5, 5.41) is 3.26. The van der Waals surface area contributed by atoms with Crippen molar-refractivity contribution in [2.24, 2.45) is 0 Å². The van der Waals surface area contributed by atoms with Gasteiger partial charge in [0.25, 0.3) is 0 Å². The van der Waals surface area contributed by atoms with Gasteiger partial charge in [-0.2, -0.15) is 0 Å². The Balaban J connectivity index is 1.71. The lowest BCUT2D eigenvalue weighted by atomic mass is 10.2. The Hall–Kier alpha value is -1.36. The minimum Gasteiger partial charge on any atom is -0.382 e. The third kappa shape index (κ3) is 4.19. The number of hydrogen-bond donors (Lipinski definition) is 2. The van der Waals surface area contributed by atoms with E-state index in [1.807, 2.05) is 0 Å². The number of nitrogen functional groups attached to an aromatic ring is 1. The minimum absolute atomic E-state index is 0.463. The Morgan fingerprint density at radius 3 is 2.65 bits per heavy atom. The van der Waals surface area contributed by atoms with E-state index in [9.17, 15) is 0 Å². The molecule has 1 aromatic heterocycles. The van der Waals surface area contributed by atoms with E-state index in [0.717, 1.165) is 18.9 Å². The topological polar surface area (TPSA) is 67.1 Å². The van der Waals surface area contributed by atoms with Crippen LogP contribution in [0.4, 0.5) is 11.6 Å². The number of rotatable bonds is 4. The molecule has 0 radical (unpaired) electrons. The van der Waals surface area contributed by atoms with Crippen molar-refractivity contribution >= 4 is 11.6 Å². The molecule has 5 heteroatoms. The molecule has 1 saturated heterocycles. The van der Waals surface area contributed by atoms with E-state index in [1.165, 1.54) is 38.8 Å². The SMILES string of the molecule is Nc1cncc(NCCN2CCCCCC2)n1. The van der Waals surface area contributed by atoms with Gasteiger partial charge in [0.05, 0.1) is 12.4 Å². The number of nitrogens with zero attached hydrogens (tertiary/aromatic N) is 3. The summed E-state index contributed by atoms with van der Waals surface area (Å²) in [6.07, 6.45) is 8.68. The third-order valence-corrected chi connectivity index (χ3v) is 3.09. The fourth-order valence-corrected chi connectivity index (χ4v) is 2.17. The molecule has 17 heavy (non-hydrogen) atoms. The lowest BCUT2D eigenvalue weighted by Crippen LogP contribution is -2.30. The zero-order valence-corrected chi connectivity index (χ0v) is 10.2. The van der Waals surface area contributed by atoms with Crippen LogP contribution in [0.1, 0.15) is 25.7 Å². The molecule has 1 fully saturated rings. The van der Waals surface area contributed by atoms with Crippen LogP contribution < -0.4 is 11.1 Å². The van der Waals surface area contributed by atoms with Gasteiger partial charge < -0.3 is 16.0 Å². The highest BCUT2D eigenvalue weighted by atomic mass is 15.1. The maximum atomic E-state index is 5.57. The van der Waals surface area contributed by atoms with E-state index in [-0.39, 0.29) is 0 Å². The molecule has 0 unspecified atom stereocenters. The van der Waals surface area contributed by atoms with Gasteiger partial charge in [0, 0.05) is 13.1 Å². The Morgan fingerprint density at radius 1 is 1.18 bits per heavy atom. The molecular formula is C12H21N5. The van der Waals surface area contributed by atoms with Crippen LogP contribution in [0.15, 0.2) is 12.4 Å². The second kappa shape index (κ2) is 6.39. The van der Waals surface area contributed by atoms with E-state index in [2.05, 4.69) is 20.2 Å². The first kappa shape index (κ1) is 12.1. The highest BCUT2D eigenvalue weighted by Crippen LogP contribution is 2.09. The first-order valence-corrected chi connectivity index (χ1v) is 6.38. The van der Waals surface area contributed by atoms with Gasteiger partial charge in [0.1, 0.15) is 11.6 Å². The molecule has 1 aliphatic heterocycles. The van der Waals surface area contributed by atoms with E-state index in [4.69, 9.17) is 5.73 Å². The lowest BCUT2D eigenvalue weighted by molar-refractivity contribution is 0.296. The average molecular weight is 235 g/mol. The highest BCUT2D eigenvalue weighted by molar-refractivity contribution is 5.38. The van der Waals surface area contributed by atoms with E-state index in [0.29, 0.717) is 5.82 Å². The molecule has 0 bridgehead atoms. The number of anilines is 2. The molecule has 0 spiro atoms. The number of hydrogen-bond acceptors (Lipinski definition) is 5. The maximum absolute atomic E-state index is 5.57. The van der Waals surface area contributed by atoms with Crippen LogP contribution in [0, 0.1) is 0 Å². The molecule has 5 nitrogen and oxygen atoms in total. The fourth-order valence-electron chi connectivity index (χ4n) is 2.17. The van der Waals surface area contributed by atoms with Gasteiger partial charge in [-0.1, -0.05) is 12.8 Å². The fraction of sp³-hybridized carbons (Fsp3) is 0.667. The summed E-state index contributed by atoms with van der Waals surface area (Å²) < 4.78 is 0. The first-order chi connectivity index (χ1) is 8.34. The van der Waals surface area contributed by atoms with Crippen molar-refractivity contribution in [1.29, 1.82) is 0 Å². The van der Waals surface area contributed by atoms with Gasteiger partial charge >= 0.3 is 0 Å². The molecule has 0 atom stereocenters. The zero-order valence-electron chi connectivity index (χ0n) is 10.2. The van der Waals surface area contributed by atoms with Gasteiger partial charge in [-0.15, -0.1) is 0 Å². The van der Waals surface area contributed by atoms with Crippen molar-refractivity contribution in [3.63, 3.8) is 0 Å². The van der Waals surface area contributed by atoms with Crippen LogP contribution in [-0.4, -0.2) is 41.0 Å². The van der Waals surface area contributed by atoms with Crippen LogP contribution in [0.3, 0.4) is 0 Å². The predicted molar refractivity (Wildman–Crippen MR) is 69.8 cm³/mol. The van der Waals surface area contributed by atoms with Crippen LogP contribution in [0.25, 0.3) is 0 Å². The van der Waals surface area contributed by atoms with Gasteiger partial charge in [-0.3, -0.25) is 4.98 Å². The Morgan fingerprint density at radius 2 is 1.94 bits per heavy atom. The summed E-state index contributed by atoms with van der Waals surface area (Å²) in [5.74, 6) is 1.23. The summed E-state index contributed by atoms with van der Waals surface area (Å²) in [4.78, 5) is 10.7. The molecule has 94 valence electrons. The van der Waals surface area contributed by atoms with Crippen LogP contribution >= 0.6 is 0 Å². The number of nitrogens with two attached hydrogens (primary N) is 1. The summed E-state index contributed by atoms with van der Waals surface area (Å²) in [6.45, 7) is 4.42. The van der Waals surface area contributed by atoms with Crippen LogP contribution in [0.2, 0.25) is 0 Å². The maximum Gasteiger partial charge on any atom is 0.146 e. The molecule has 0 saturated carbocycles. The monoisotopic (exact) mass is 235 g/mol. The average Bonchev–Trinajstić information content (AvgIpc) is 2.58. The lowest BCUT2D eigenvalue weighted by Gasteiger charge is -2.19. The van der Waals surface area contributed by atoms with E-state index < -0.39 is 0 Å². The summed E-state index contributed by atoms with van der Waals surface area (Å²) >= 11 is 0. The van der Waals surface area contributed by atoms with Crippen molar-refractivity contribution in [3.8, 4) is 0 Å². The third-order valence-electron chi connectivity index (χ3n) is 3.09. The van der Waals surface area contributed by atoms with E-state index >= 15 is 0 Å². The van der Waals surface area contributed by atoms with Crippen LogP contribution in [-0.2, 0) is 0 Å². The van der Waals surface area contributed by atoms with Crippen molar-refractivity contribution in [3.05, 3.63) is 12.4 Å². The quantitative estimate of drug-likeness (QED) is 0.824. The van der Waals surface area contributed by atoms with Crippen molar-refractivity contribution in [1.82, 2.24) is 14.9 Å². The van der Waals surface area contributed by atoms with Crippen molar-refractivity contribution < 1.29 is 0 Å². The molecule has 0 aliphatic carbocycles. The van der Waals surface area contributed by atoms with E-state index in [1.54, 1.807) is 12.4 Å². The number of likely N-dealkylation sites (tertiary alicyclic amines) is 1. The van der Waals surface area contributed by atoms with Crippen LogP contribution in [0.5, 0.6) is 0 Å². The molecule has 1 aliphatic rings. The normalized spacial score (nSPS) is 17.6. The molecular weight excluding hydrogens is 214 g/mol. The second-order valence-electron chi connectivity index (χ2n) is 4.51. The van der Waals surface area contributed by atoms with Gasteiger partial charge in [-0.05, 0) is 25.9 Å². The molecule has 0 aromatic carbocycles. The molecule has 1 aromatic rings. The standard InChI is InChI=1S/C12H21N5/c13-11-9-14-10-12(16-11)15-5-8-17-6-3-1-2-4-7-17/h9-10H,1-8H2,(H3,13,15,16). The summed E-state index contributed by atoms with van der Waals surface area (Å²) in [7, 11) is 0. The smallest absolute Gasteiger partial charge is 0.146 e. The summed E-state index contributed by atoms with van der Waals surface area (Å²) in [5.41, 5.74) is 5.57. The van der Waals surface area contributed by atoms with Crippen molar-refractivity contribution in [2.45, 2.75) is 25.7 Å². The predicted octanol–water partition coefficient (Wildman–Crippen LogP) is 1.35.